The first kappa shape index (κ1) is 14.6. The number of rotatable bonds is 6. The Morgan fingerprint density at radius 3 is 2.60 bits per heavy atom. The Labute approximate surface area is 118 Å². The van der Waals surface area contributed by atoms with E-state index in [1.165, 1.54) is 0 Å². The Morgan fingerprint density at radius 1 is 1.35 bits per heavy atom. The minimum atomic E-state index is -0.812. The molecule has 1 aromatic heterocycles. The van der Waals surface area contributed by atoms with Crippen LogP contribution in [0.4, 0.5) is 0 Å². The molecule has 0 unspecified atom stereocenters. The summed E-state index contributed by atoms with van der Waals surface area (Å²) in [5.74, 6) is -0.0857. The van der Waals surface area contributed by atoms with Gasteiger partial charge in [0.1, 0.15) is 5.76 Å². The van der Waals surface area contributed by atoms with Gasteiger partial charge in [0, 0.05) is 13.5 Å². The van der Waals surface area contributed by atoms with Gasteiger partial charge in [-0.1, -0.05) is 12.8 Å². The van der Waals surface area contributed by atoms with Crippen molar-refractivity contribution in [1.29, 1.82) is 0 Å². The zero-order valence-corrected chi connectivity index (χ0v) is 11.8. The average molecular weight is 279 g/mol. The minimum Gasteiger partial charge on any atom is -0.481 e. The van der Waals surface area contributed by atoms with Crippen molar-refractivity contribution in [3.8, 4) is 0 Å². The average Bonchev–Trinajstić information content (AvgIpc) is 3.00. The molecule has 1 aromatic rings. The second-order valence-electron chi connectivity index (χ2n) is 5.78. The number of carbonyl (C=O) groups is 2. The molecule has 0 spiro atoms. The van der Waals surface area contributed by atoms with Crippen molar-refractivity contribution in [1.82, 2.24) is 4.90 Å². The number of nitrogens with zero attached hydrogens (tertiary/aromatic N) is 1. The van der Waals surface area contributed by atoms with Crippen LogP contribution < -0.4 is 0 Å². The Balaban J connectivity index is 1.95. The van der Waals surface area contributed by atoms with E-state index < -0.39 is 5.97 Å². The SMILES string of the molecule is CN(Cc1ccco1)C(=O)CC1(CC(=O)O)CCCC1. The van der Waals surface area contributed by atoms with Crippen LogP contribution in [0.1, 0.15) is 44.3 Å². The zero-order chi connectivity index (χ0) is 14.6. The third-order valence-corrected chi connectivity index (χ3v) is 4.12. The van der Waals surface area contributed by atoms with Gasteiger partial charge in [-0.25, -0.2) is 0 Å². The van der Waals surface area contributed by atoms with Gasteiger partial charge in [0.15, 0.2) is 0 Å². The lowest BCUT2D eigenvalue weighted by Gasteiger charge is -2.28. The van der Waals surface area contributed by atoms with E-state index in [0.717, 1.165) is 31.4 Å². The fourth-order valence-electron chi connectivity index (χ4n) is 3.04. The van der Waals surface area contributed by atoms with Gasteiger partial charge < -0.3 is 14.4 Å². The number of carboxylic acids is 1. The van der Waals surface area contributed by atoms with E-state index in [4.69, 9.17) is 9.52 Å². The highest BCUT2D eigenvalue weighted by Crippen LogP contribution is 2.44. The van der Waals surface area contributed by atoms with Crippen molar-refractivity contribution in [2.45, 2.75) is 45.1 Å². The van der Waals surface area contributed by atoms with Crippen molar-refractivity contribution >= 4 is 11.9 Å². The number of aliphatic carboxylic acids is 1. The van der Waals surface area contributed by atoms with Crippen LogP contribution in [0.15, 0.2) is 22.8 Å². The molecule has 1 aliphatic rings. The van der Waals surface area contributed by atoms with Gasteiger partial charge in [-0.15, -0.1) is 0 Å². The summed E-state index contributed by atoms with van der Waals surface area (Å²) in [5.41, 5.74) is -0.347. The lowest BCUT2D eigenvalue weighted by atomic mass is 9.79. The minimum absolute atomic E-state index is 0.00968. The van der Waals surface area contributed by atoms with E-state index in [1.807, 2.05) is 6.07 Å². The summed E-state index contributed by atoms with van der Waals surface area (Å²) >= 11 is 0. The molecule has 0 aliphatic heterocycles. The molecule has 110 valence electrons. The number of amides is 1. The van der Waals surface area contributed by atoms with Crippen LogP contribution in [0, 0.1) is 5.41 Å². The normalized spacial score (nSPS) is 17.1. The zero-order valence-electron chi connectivity index (χ0n) is 11.8. The lowest BCUT2D eigenvalue weighted by molar-refractivity contribution is -0.141. The Morgan fingerprint density at radius 2 is 2.05 bits per heavy atom. The number of furan rings is 1. The number of hydrogen-bond donors (Lipinski definition) is 1. The van der Waals surface area contributed by atoms with Gasteiger partial charge in [-0.2, -0.15) is 0 Å². The summed E-state index contributed by atoms with van der Waals surface area (Å²) in [5, 5.41) is 9.06. The Bertz CT molecular complexity index is 460. The van der Waals surface area contributed by atoms with Crippen LogP contribution >= 0.6 is 0 Å². The van der Waals surface area contributed by atoms with E-state index in [1.54, 1.807) is 24.3 Å². The molecule has 5 heteroatoms. The molecule has 0 bridgehead atoms. The molecule has 1 aliphatic carbocycles. The molecule has 0 atom stereocenters. The number of hydrogen-bond acceptors (Lipinski definition) is 3. The molecule has 5 nitrogen and oxygen atoms in total. The van der Waals surface area contributed by atoms with Gasteiger partial charge in [-0.3, -0.25) is 9.59 Å². The van der Waals surface area contributed by atoms with Crippen LogP contribution in [0.5, 0.6) is 0 Å². The third kappa shape index (κ3) is 3.62. The van der Waals surface area contributed by atoms with Gasteiger partial charge in [0.25, 0.3) is 0 Å². The Kier molecular flexibility index (Phi) is 4.47. The fraction of sp³-hybridized carbons (Fsp3) is 0.600. The van der Waals surface area contributed by atoms with Gasteiger partial charge in [0.05, 0.1) is 19.2 Å². The van der Waals surface area contributed by atoms with E-state index in [2.05, 4.69) is 0 Å². The molecule has 0 radical (unpaired) electrons. The molecule has 1 heterocycles. The second kappa shape index (κ2) is 6.11. The van der Waals surface area contributed by atoms with Crippen molar-refractivity contribution in [3.63, 3.8) is 0 Å². The van der Waals surface area contributed by atoms with Crippen molar-refractivity contribution in [3.05, 3.63) is 24.2 Å². The monoisotopic (exact) mass is 279 g/mol. The standard InChI is InChI=1S/C15H21NO4/c1-16(11-12-5-4-8-20-12)13(17)9-15(10-14(18)19)6-2-3-7-15/h4-5,8H,2-3,6-7,9-11H2,1H3,(H,18,19). The summed E-state index contributed by atoms with van der Waals surface area (Å²) in [6.45, 7) is 0.426. The summed E-state index contributed by atoms with van der Waals surface area (Å²) in [7, 11) is 1.73. The Hall–Kier alpha value is -1.78. The first-order chi connectivity index (χ1) is 9.51. The van der Waals surface area contributed by atoms with Crippen molar-refractivity contribution < 1.29 is 19.1 Å². The maximum atomic E-state index is 12.3. The smallest absolute Gasteiger partial charge is 0.303 e. The van der Waals surface area contributed by atoms with E-state index in [9.17, 15) is 9.59 Å². The summed E-state index contributed by atoms with van der Waals surface area (Å²) < 4.78 is 5.23. The molecule has 1 fully saturated rings. The lowest BCUT2D eigenvalue weighted by Crippen LogP contribution is -2.33. The molecule has 1 amide bonds. The van der Waals surface area contributed by atoms with Crippen molar-refractivity contribution in [2.24, 2.45) is 5.41 Å². The van der Waals surface area contributed by atoms with Crippen LogP contribution in [0.3, 0.4) is 0 Å². The number of carboxylic acid groups (broad SMARTS) is 1. The van der Waals surface area contributed by atoms with E-state index in [-0.39, 0.29) is 17.7 Å². The maximum Gasteiger partial charge on any atom is 0.303 e. The predicted molar refractivity (Wildman–Crippen MR) is 73.0 cm³/mol. The topological polar surface area (TPSA) is 70.8 Å². The first-order valence-corrected chi connectivity index (χ1v) is 6.99. The summed E-state index contributed by atoms with van der Waals surface area (Å²) in [4.78, 5) is 24.9. The van der Waals surface area contributed by atoms with Crippen LogP contribution in [0.2, 0.25) is 0 Å². The highest BCUT2D eigenvalue weighted by Gasteiger charge is 2.38. The largest absolute Gasteiger partial charge is 0.481 e. The van der Waals surface area contributed by atoms with Crippen LogP contribution in [0.25, 0.3) is 0 Å². The molecule has 20 heavy (non-hydrogen) atoms. The van der Waals surface area contributed by atoms with Crippen molar-refractivity contribution in [2.75, 3.05) is 7.05 Å². The summed E-state index contributed by atoms with van der Waals surface area (Å²) in [6.07, 6.45) is 5.69. The fourth-order valence-corrected chi connectivity index (χ4v) is 3.04. The molecule has 1 N–H and O–H groups in total. The first-order valence-electron chi connectivity index (χ1n) is 6.99. The summed E-state index contributed by atoms with van der Waals surface area (Å²) in [6, 6.07) is 3.61. The molecular weight excluding hydrogens is 258 g/mol. The quantitative estimate of drug-likeness (QED) is 0.869. The molecular formula is C15H21NO4. The predicted octanol–water partition coefficient (Wildman–Crippen LogP) is 2.66. The molecule has 0 saturated heterocycles. The second-order valence-corrected chi connectivity index (χ2v) is 5.78. The highest BCUT2D eigenvalue weighted by atomic mass is 16.4. The van der Waals surface area contributed by atoms with Crippen LogP contribution in [-0.2, 0) is 16.1 Å². The van der Waals surface area contributed by atoms with Crippen LogP contribution in [-0.4, -0.2) is 28.9 Å². The maximum absolute atomic E-state index is 12.3. The number of carbonyl (C=O) groups excluding carboxylic acids is 1. The molecule has 2 rings (SSSR count). The van der Waals surface area contributed by atoms with Gasteiger partial charge >= 0.3 is 5.97 Å². The van der Waals surface area contributed by atoms with E-state index >= 15 is 0 Å². The third-order valence-electron chi connectivity index (χ3n) is 4.12. The van der Waals surface area contributed by atoms with Gasteiger partial charge in [-0.05, 0) is 30.4 Å². The highest BCUT2D eigenvalue weighted by molar-refractivity contribution is 5.78. The molecule has 0 aromatic carbocycles. The van der Waals surface area contributed by atoms with E-state index in [0.29, 0.717) is 13.0 Å². The van der Waals surface area contributed by atoms with Gasteiger partial charge in [0.2, 0.25) is 5.91 Å². The molecule has 1 saturated carbocycles.